The molecule has 150 valence electrons. The maximum absolute atomic E-state index is 13.7. The van der Waals surface area contributed by atoms with Gasteiger partial charge in [-0.15, -0.1) is 6.42 Å². The second-order valence-electron chi connectivity index (χ2n) is 6.71. The largest absolute Gasteiger partial charge is 0.476 e. The fourth-order valence-corrected chi connectivity index (χ4v) is 3.46. The van der Waals surface area contributed by atoms with E-state index in [0.29, 0.717) is 22.7 Å². The lowest BCUT2D eigenvalue weighted by molar-refractivity contribution is 0.279. The Kier molecular flexibility index (Phi) is 5.62. The number of fused-ring (bicyclic) bond motifs is 1. The van der Waals surface area contributed by atoms with Crippen LogP contribution in [0.15, 0.2) is 36.7 Å². The van der Waals surface area contributed by atoms with Crippen LogP contribution in [-0.4, -0.2) is 32.4 Å². The normalized spacial score (nSPS) is 13.9. The van der Waals surface area contributed by atoms with E-state index in [1.807, 2.05) is 13.0 Å². The van der Waals surface area contributed by atoms with Gasteiger partial charge in [-0.3, -0.25) is 0 Å². The molecule has 0 amide bonds. The molecule has 6 nitrogen and oxygen atoms in total. The van der Waals surface area contributed by atoms with Gasteiger partial charge in [-0.2, -0.15) is 0 Å². The van der Waals surface area contributed by atoms with Crippen molar-refractivity contribution in [1.82, 2.24) is 9.97 Å². The van der Waals surface area contributed by atoms with E-state index in [0.717, 1.165) is 10.9 Å². The number of hydrogen-bond acceptors (Lipinski definition) is 5. The first-order valence-corrected chi connectivity index (χ1v) is 10.8. The number of terminal acetylenes is 1. The summed E-state index contributed by atoms with van der Waals surface area (Å²) < 4.78 is 34.2. The maximum Gasteiger partial charge on any atom is 0.156 e. The third-order valence-electron chi connectivity index (χ3n) is 4.00. The van der Waals surface area contributed by atoms with E-state index in [9.17, 15) is 8.60 Å². The predicted molar refractivity (Wildman–Crippen MR) is 118 cm³/mol. The molecular formula is C21H21FN4O2S. The van der Waals surface area contributed by atoms with E-state index in [1.54, 1.807) is 19.1 Å². The summed E-state index contributed by atoms with van der Waals surface area (Å²) in [6.45, 7) is 3.59. The van der Waals surface area contributed by atoms with E-state index in [4.69, 9.17) is 11.2 Å². The average Bonchev–Trinajstić information content (AvgIpc) is 2.62. The van der Waals surface area contributed by atoms with Crippen LogP contribution in [0.2, 0.25) is 0 Å². The minimum Gasteiger partial charge on any atom is -0.476 e. The Labute approximate surface area is 169 Å². The summed E-state index contributed by atoms with van der Waals surface area (Å²) in [5, 5.41) is 3.95. The van der Waals surface area contributed by atoms with Gasteiger partial charge in [0.15, 0.2) is 6.10 Å². The van der Waals surface area contributed by atoms with E-state index in [-0.39, 0.29) is 5.75 Å². The van der Waals surface area contributed by atoms with Gasteiger partial charge >= 0.3 is 0 Å². The minimum atomic E-state index is -2.42. The third kappa shape index (κ3) is 4.95. The first kappa shape index (κ1) is 20.4. The molecule has 1 aromatic heterocycles. The summed E-state index contributed by atoms with van der Waals surface area (Å²) >= 11 is 0. The molecule has 0 aliphatic rings. The molecule has 3 aromatic rings. The van der Waals surface area contributed by atoms with Gasteiger partial charge in [-0.05, 0) is 49.5 Å². The van der Waals surface area contributed by atoms with Gasteiger partial charge in [-0.25, -0.2) is 18.6 Å². The highest BCUT2D eigenvalue weighted by atomic mass is 32.2. The number of aromatic nitrogens is 2. The number of nitrogens with zero attached hydrogens (tertiary/aromatic N) is 2. The van der Waals surface area contributed by atoms with Crippen LogP contribution in [0.25, 0.3) is 10.9 Å². The number of halogens is 1. The van der Waals surface area contributed by atoms with Crippen LogP contribution in [0.4, 0.5) is 21.6 Å². The zero-order valence-electron chi connectivity index (χ0n) is 16.3. The number of anilines is 3. The van der Waals surface area contributed by atoms with Gasteiger partial charge in [0.1, 0.15) is 23.7 Å². The summed E-state index contributed by atoms with van der Waals surface area (Å²) in [7, 11) is -2.42. The Bertz CT molecular complexity index is 1220. The molecule has 2 aromatic carbocycles. The minimum absolute atomic E-state index is 0.279. The predicted octanol–water partition coefficient (Wildman–Crippen LogP) is 3.89. The number of aryl methyl sites for hydroxylation is 1. The van der Waals surface area contributed by atoms with Crippen LogP contribution in [0.1, 0.15) is 12.5 Å². The summed E-state index contributed by atoms with van der Waals surface area (Å²) in [5.41, 5.74) is 2.67. The van der Waals surface area contributed by atoms with Gasteiger partial charge < -0.3 is 14.8 Å². The molecule has 0 radical (unpaired) electrons. The van der Waals surface area contributed by atoms with Crippen molar-refractivity contribution in [1.29, 1.82) is 0 Å². The van der Waals surface area contributed by atoms with Crippen molar-refractivity contribution in [2.24, 2.45) is 0 Å². The first-order valence-electron chi connectivity index (χ1n) is 8.71. The van der Waals surface area contributed by atoms with Crippen molar-refractivity contribution in [3.8, 4) is 18.1 Å². The van der Waals surface area contributed by atoms with E-state index >= 15 is 0 Å². The molecule has 1 heterocycles. The highest BCUT2D eigenvalue weighted by Crippen LogP contribution is 2.33. The van der Waals surface area contributed by atoms with Crippen molar-refractivity contribution in [3.63, 3.8) is 0 Å². The molecule has 2 unspecified atom stereocenters. The molecular weight excluding hydrogens is 391 g/mol. The molecule has 0 bridgehead atoms. The van der Waals surface area contributed by atoms with Crippen molar-refractivity contribution in [2.45, 2.75) is 20.0 Å². The zero-order valence-corrected chi connectivity index (χ0v) is 17.1. The summed E-state index contributed by atoms with van der Waals surface area (Å²) in [6.07, 6.45) is 7.78. The second-order valence-corrected chi connectivity index (χ2v) is 8.92. The lowest BCUT2D eigenvalue weighted by atomic mass is 10.1. The molecule has 0 saturated heterocycles. The Morgan fingerprint density at radius 2 is 2.07 bits per heavy atom. The molecule has 8 heteroatoms. The van der Waals surface area contributed by atoms with Crippen molar-refractivity contribution in [3.05, 3.63) is 48.0 Å². The number of nitrogens with one attached hydrogen (secondary N) is 2. The van der Waals surface area contributed by atoms with Crippen molar-refractivity contribution < 1.29 is 13.3 Å². The summed E-state index contributed by atoms with van der Waals surface area (Å²) in [6, 6.07) is 7.75. The number of benzene rings is 2. The van der Waals surface area contributed by atoms with Gasteiger partial charge in [0, 0.05) is 33.1 Å². The fourth-order valence-electron chi connectivity index (χ4n) is 2.84. The van der Waals surface area contributed by atoms with Crippen LogP contribution < -0.4 is 14.8 Å². The Morgan fingerprint density at radius 3 is 2.76 bits per heavy atom. The van der Waals surface area contributed by atoms with Crippen molar-refractivity contribution in [2.75, 3.05) is 16.3 Å². The number of hydrogen-bond donors (Lipinski definition) is 2. The number of ether oxygens (including phenoxy) is 1. The van der Waals surface area contributed by atoms with Gasteiger partial charge in [0.2, 0.25) is 0 Å². The number of rotatable bonds is 6. The Morgan fingerprint density at radius 1 is 1.31 bits per heavy atom. The highest BCUT2D eigenvalue weighted by Gasteiger charge is 2.13. The topological polar surface area (TPSA) is 76.1 Å². The highest BCUT2D eigenvalue weighted by molar-refractivity contribution is 8.00. The Hall–Kier alpha value is -3.31. The molecule has 0 saturated carbocycles. The molecule has 0 aliphatic carbocycles. The quantitative estimate of drug-likeness (QED) is 0.474. The van der Waals surface area contributed by atoms with E-state index < -0.39 is 21.6 Å². The van der Waals surface area contributed by atoms with Crippen LogP contribution in [0, 0.1) is 25.1 Å². The monoisotopic (exact) mass is 412 g/mol. The van der Waals surface area contributed by atoms with Crippen molar-refractivity contribution >= 4 is 43.7 Å². The Balaban J connectivity index is 2.05. The molecule has 0 aliphatic heterocycles. The van der Waals surface area contributed by atoms with Gasteiger partial charge in [0.25, 0.3) is 0 Å². The molecule has 0 fully saturated rings. The lowest BCUT2D eigenvalue weighted by Gasteiger charge is -2.17. The zero-order chi connectivity index (χ0) is 21.2. The van der Waals surface area contributed by atoms with Crippen LogP contribution >= 0.6 is 0 Å². The van der Waals surface area contributed by atoms with E-state index in [2.05, 4.69) is 31.8 Å². The maximum atomic E-state index is 13.7. The lowest BCUT2D eigenvalue weighted by Crippen LogP contribution is -2.10. The van der Waals surface area contributed by atoms with Crippen LogP contribution in [0.3, 0.4) is 0 Å². The third-order valence-corrected chi connectivity index (χ3v) is 4.67. The molecule has 29 heavy (non-hydrogen) atoms. The molecule has 0 spiro atoms. The fraction of sp³-hybridized carbons (Fsp3) is 0.190. The molecule has 2 N–H and O–H groups in total. The SMILES string of the molecule is C#CC(C)Oc1cc(F)ccc1Nc1ncnc2cc(NS(=C)(C)=O)cc(C)c12. The smallest absolute Gasteiger partial charge is 0.156 e. The van der Waals surface area contributed by atoms with E-state index in [1.165, 1.54) is 24.7 Å². The summed E-state index contributed by atoms with van der Waals surface area (Å²) in [4.78, 5) is 8.64. The average molecular weight is 412 g/mol. The summed E-state index contributed by atoms with van der Waals surface area (Å²) in [5.74, 6) is 6.43. The second kappa shape index (κ2) is 7.97. The van der Waals surface area contributed by atoms with Crippen LogP contribution in [-0.2, 0) is 9.71 Å². The molecule has 2 atom stereocenters. The first-order chi connectivity index (χ1) is 13.7. The van der Waals surface area contributed by atoms with Crippen LogP contribution in [0.5, 0.6) is 5.75 Å². The van der Waals surface area contributed by atoms with Gasteiger partial charge in [-0.1, -0.05) is 5.92 Å². The molecule has 3 rings (SSSR count). The van der Waals surface area contributed by atoms with Gasteiger partial charge in [0.05, 0.1) is 11.2 Å². The standard InChI is InChI=1S/C21H21FN4O2S/c1-6-14(3)28-19-10-15(22)7-8-17(19)25-21-20-13(2)9-16(26-29(4,5)27)11-18(20)23-12-24-21/h1,7-12,14H,4H2,2-3,5H3,(H,26,27)(H,23,24,25).